The normalized spacial score (nSPS) is 13.2. The summed E-state index contributed by atoms with van der Waals surface area (Å²) in [6.45, 7) is 10.7. The zero-order valence-electron chi connectivity index (χ0n) is 20.8. The van der Waals surface area contributed by atoms with E-state index in [-0.39, 0.29) is 11.6 Å². The maximum absolute atomic E-state index is 4.57. The van der Waals surface area contributed by atoms with Crippen molar-refractivity contribution in [2.45, 2.75) is 46.2 Å². The van der Waals surface area contributed by atoms with Gasteiger partial charge in [0.15, 0.2) is 5.82 Å². The third kappa shape index (κ3) is 3.42. The van der Waals surface area contributed by atoms with Gasteiger partial charge >= 0.3 is 0 Å². The maximum atomic E-state index is 4.57. The first-order valence-electron chi connectivity index (χ1n) is 12.1. The van der Waals surface area contributed by atoms with Crippen molar-refractivity contribution in [3.8, 4) is 0 Å². The van der Waals surface area contributed by atoms with Gasteiger partial charge in [-0.3, -0.25) is 0 Å². The minimum Gasteiger partial charge on any atom is -0.371 e. The zero-order valence-corrected chi connectivity index (χ0v) is 20.8. The van der Waals surface area contributed by atoms with Crippen LogP contribution in [-0.2, 0) is 5.54 Å². The van der Waals surface area contributed by atoms with Crippen molar-refractivity contribution in [2.75, 3.05) is 5.32 Å². The molecule has 5 nitrogen and oxygen atoms in total. The van der Waals surface area contributed by atoms with E-state index >= 15 is 0 Å². The predicted octanol–water partition coefficient (Wildman–Crippen LogP) is 7.14. The predicted molar refractivity (Wildman–Crippen MR) is 144 cm³/mol. The number of hydrogen-bond acceptors (Lipinski definition) is 4. The summed E-state index contributed by atoms with van der Waals surface area (Å²) in [6.07, 6.45) is 0. The molecule has 174 valence electrons. The van der Waals surface area contributed by atoms with Crippen LogP contribution in [0.5, 0.6) is 0 Å². The standard InChI is InChI=1S/C30H29N5/c1-18-9-6-14-25(19(18)2)31-28(29-32-33-34-35(29)30(3,4)5)24-17-22-12-7-10-20-15-16-21-11-8-13-23(24)27(21)26(20)22/h6-17,28,31H,1-5H3. The van der Waals surface area contributed by atoms with Crippen LogP contribution in [-0.4, -0.2) is 20.2 Å². The molecule has 5 heteroatoms. The Balaban J connectivity index is 1.68. The first-order chi connectivity index (χ1) is 16.8. The molecule has 0 aliphatic rings. The monoisotopic (exact) mass is 459 g/mol. The molecule has 1 heterocycles. The van der Waals surface area contributed by atoms with E-state index in [9.17, 15) is 0 Å². The van der Waals surface area contributed by atoms with E-state index < -0.39 is 0 Å². The number of tetrazole rings is 1. The Morgan fingerprint density at radius 1 is 0.800 bits per heavy atom. The summed E-state index contributed by atoms with van der Waals surface area (Å²) < 4.78 is 1.94. The number of benzene rings is 5. The van der Waals surface area contributed by atoms with Crippen molar-refractivity contribution in [3.05, 3.63) is 95.3 Å². The lowest BCUT2D eigenvalue weighted by Gasteiger charge is -2.27. The number of aryl methyl sites for hydroxylation is 1. The molecule has 1 unspecified atom stereocenters. The Morgan fingerprint density at radius 3 is 2.26 bits per heavy atom. The second-order valence-electron chi connectivity index (χ2n) is 10.5. The van der Waals surface area contributed by atoms with Crippen LogP contribution in [0.1, 0.15) is 49.3 Å². The number of hydrogen-bond donors (Lipinski definition) is 1. The molecule has 1 N–H and O–H groups in total. The van der Waals surface area contributed by atoms with E-state index in [1.165, 1.54) is 49.0 Å². The van der Waals surface area contributed by atoms with E-state index in [0.717, 1.165) is 11.5 Å². The Morgan fingerprint density at radius 2 is 1.49 bits per heavy atom. The average Bonchev–Trinajstić information content (AvgIpc) is 3.34. The summed E-state index contributed by atoms with van der Waals surface area (Å²) in [5, 5.41) is 24.5. The summed E-state index contributed by atoms with van der Waals surface area (Å²) in [6, 6.07) is 26.0. The molecule has 0 fully saturated rings. The van der Waals surface area contributed by atoms with E-state index in [0.29, 0.717) is 0 Å². The van der Waals surface area contributed by atoms with Gasteiger partial charge < -0.3 is 5.32 Å². The third-order valence-electron chi connectivity index (χ3n) is 7.14. The fourth-order valence-electron chi connectivity index (χ4n) is 5.23. The van der Waals surface area contributed by atoms with Crippen LogP contribution in [0.25, 0.3) is 32.3 Å². The van der Waals surface area contributed by atoms with Gasteiger partial charge in [0.25, 0.3) is 0 Å². The summed E-state index contributed by atoms with van der Waals surface area (Å²) in [4.78, 5) is 0. The Labute approximate surface area is 205 Å². The number of rotatable bonds is 4. The molecule has 0 radical (unpaired) electrons. The highest BCUT2D eigenvalue weighted by Crippen LogP contribution is 2.41. The molecule has 0 spiro atoms. The number of anilines is 1. The lowest BCUT2D eigenvalue weighted by Crippen LogP contribution is -2.29. The molecular weight excluding hydrogens is 430 g/mol. The minimum atomic E-state index is -0.264. The van der Waals surface area contributed by atoms with Crippen molar-refractivity contribution < 1.29 is 0 Å². The van der Waals surface area contributed by atoms with Crippen molar-refractivity contribution in [3.63, 3.8) is 0 Å². The highest BCUT2D eigenvalue weighted by molar-refractivity contribution is 6.23. The van der Waals surface area contributed by atoms with E-state index in [1.54, 1.807) is 0 Å². The van der Waals surface area contributed by atoms with Crippen LogP contribution in [0.15, 0.2) is 72.8 Å². The van der Waals surface area contributed by atoms with Gasteiger partial charge in [-0.05, 0) is 106 Å². The maximum Gasteiger partial charge on any atom is 0.178 e. The molecule has 0 aliphatic heterocycles. The largest absolute Gasteiger partial charge is 0.371 e. The Hall–Kier alpha value is -3.99. The zero-order chi connectivity index (χ0) is 24.3. The molecule has 0 saturated heterocycles. The van der Waals surface area contributed by atoms with Crippen LogP contribution in [0, 0.1) is 13.8 Å². The second kappa shape index (κ2) is 7.77. The molecule has 0 amide bonds. The molecule has 6 rings (SSSR count). The van der Waals surface area contributed by atoms with E-state index in [2.05, 4.69) is 128 Å². The summed E-state index contributed by atoms with van der Waals surface area (Å²) >= 11 is 0. The fourth-order valence-corrected chi connectivity index (χ4v) is 5.23. The molecule has 1 atom stereocenters. The molecule has 35 heavy (non-hydrogen) atoms. The van der Waals surface area contributed by atoms with E-state index in [1.807, 2.05) is 4.68 Å². The first-order valence-corrected chi connectivity index (χ1v) is 12.1. The number of aromatic nitrogens is 4. The van der Waals surface area contributed by atoms with Crippen LogP contribution in [0.3, 0.4) is 0 Å². The van der Waals surface area contributed by atoms with Gasteiger partial charge in [-0.2, -0.15) is 0 Å². The smallest absolute Gasteiger partial charge is 0.178 e. The Kier molecular flexibility index (Phi) is 4.78. The highest BCUT2D eigenvalue weighted by atomic mass is 15.6. The number of nitrogens with zero attached hydrogens (tertiary/aromatic N) is 4. The van der Waals surface area contributed by atoms with Gasteiger partial charge in [-0.15, -0.1) is 5.10 Å². The molecule has 0 saturated carbocycles. The quantitative estimate of drug-likeness (QED) is 0.285. The average molecular weight is 460 g/mol. The van der Waals surface area contributed by atoms with Crippen molar-refractivity contribution in [1.82, 2.24) is 20.2 Å². The van der Waals surface area contributed by atoms with Gasteiger partial charge in [0.1, 0.15) is 6.04 Å². The fraction of sp³-hybridized carbons (Fsp3) is 0.233. The topological polar surface area (TPSA) is 55.6 Å². The van der Waals surface area contributed by atoms with Gasteiger partial charge in [-0.25, -0.2) is 4.68 Å². The van der Waals surface area contributed by atoms with Crippen molar-refractivity contribution in [1.29, 1.82) is 0 Å². The molecule has 0 bridgehead atoms. The molecule has 0 aliphatic carbocycles. The lowest BCUT2D eigenvalue weighted by atomic mass is 9.88. The molecule has 6 aromatic rings. The van der Waals surface area contributed by atoms with Gasteiger partial charge in [0, 0.05) is 5.69 Å². The highest BCUT2D eigenvalue weighted by Gasteiger charge is 2.29. The second-order valence-corrected chi connectivity index (χ2v) is 10.5. The molecule has 1 aromatic heterocycles. The minimum absolute atomic E-state index is 0.237. The van der Waals surface area contributed by atoms with Gasteiger partial charge in [-0.1, -0.05) is 60.7 Å². The summed E-state index contributed by atoms with van der Waals surface area (Å²) in [7, 11) is 0. The molecule has 5 aromatic carbocycles. The van der Waals surface area contributed by atoms with Gasteiger partial charge in [0.2, 0.25) is 0 Å². The first kappa shape index (κ1) is 21.5. The SMILES string of the molecule is Cc1cccc(NC(c2cc3cccc4ccc5cccc2c5c43)c2nnnn2C(C)(C)C)c1C. The van der Waals surface area contributed by atoms with Crippen LogP contribution >= 0.6 is 0 Å². The van der Waals surface area contributed by atoms with Gasteiger partial charge in [0.05, 0.1) is 5.54 Å². The van der Waals surface area contributed by atoms with Crippen molar-refractivity contribution in [2.24, 2.45) is 0 Å². The lowest BCUT2D eigenvalue weighted by molar-refractivity contribution is 0.333. The van der Waals surface area contributed by atoms with E-state index in [4.69, 9.17) is 0 Å². The number of nitrogens with one attached hydrogen (secondary N) is 1. The summed E-state index contributed by atoms with van der Waals surface area (Å²) in [5.74, 6) is 0.799. The van der Waals surface area contributed by atoms with Crippen LogP contribution < -0.4 is 5.32 Å². The third-order valence-corrected chi connectivity index (χ3v) is 7.14. The van der Waals surface area contributed by atoms with Crippen LogP contribution in [0.2, 0.25) is 0 Å². The summed E-state index contributed by atoms with van der Waals surface area (Å²) in [5.41, 5.74) is 4.47. The molecular formula is C30H29N5. The van der Waals surface area contributed by atoms with Crippen LogP contribution in [0.4, 0.5) is 5.69 Å². The Bertz CT molecular complexity index is 1690. The van der Waals surface area contributed by atoms with Crippen molar-refractivity contribution >= 4 is 38.0 Å².